The van der Waals surface area contributed by atoms with Crippen molar-refractivity contribution in [2.45, 2.75) is 38.1 Å². The van der Waals surface area contributed by atoms with Gasteiger partial charge in [-0.25, -0.2) is 0 Å². The number of thioether (sulfide) groups is 1. The van der Waals surface area contributed by atoms with Gasteiger partial charge in [0.05, 0.1) is 0 Å². The molecule has 0 fully saturated rings. The van der Waals surface area contributed by atoms with Gasteiger partial charge in [0.1, 0.15) is 0 Å². The van der Waals surface area contributed by atoms with E-state index in [2.05, 4.69) is 47.0 Å². The van der Waals surface area contributed by atoms with Crippen LogP contribution in [-0.4, -0.2) is 39.0 Å². The van der Waals surface area contributed by atoms with E-state index in [1.807, 2.05) is 6.92 Å². The number of halogens is 1. The van der Waals surface area contributed by atoms with Crippen molar-refractivity contribution >= 4 is 41.7 Å². The molecule has 0 saturated heterocycles. The molecule has 0 spiro atoms. The fourth-order valence-corrected chi connectivity index (χ4v) is 2.78. The average Bonchev–Trinajstić information content (AvgIpc) is 2.54. The quantitative estimate of drug-likeness (QED) is 0.197. The van der Waals surface area contributed by atoms with Gasteiger partial charge in [-0.3, -0.25) is 4.99 Å². The summed E-state index contributed by atoms with van der Waals surface area (Å²) in [6.45, 7) is 7.48. The van der Waals surface area contributed by atoms with E-state index in [0.717, 1.165) is 45.1 Å². The van der Waals surface area contributed by atoms with Gasteiger partial charge in [0.15, 0.2) is 5.96 Å². The number of unbranched alkanes of at least 4 members (excludes halogenated alkanes) is 1. The molecule has 0 aliphatic rings. The third-order valence-corrected chi connectivity index (χ3v) is 4.14. The molecule has 1 aromatic carbocycles. The highest BCUT2D eigenvalue weighted by Crippen LogP contribution is 2.21. The molecule has 0 saturated carbocycles. The fourth-order valence-electron chi connectivity index (χ4n) is 2.08. The number of ether oxygens (including phenoxy) is 1. The molecule has 0 aliphatic carbocycles. The van der Waals surface area contributed by atoms with Crippen molar-refractivity contribution in [1.29, 1.82) is 0 Å². The molecule has 0 aromatic heterocycles. The van der Waals surface area contributed by atoms with Crippen molar-refractivity contribution in [3.63, 3.8) is 0 Å². The Morgan fingerprint density at radius 3 is 2.70 bits per heavy atom. The Hall–Kier alpha value is -0.470. The van der Waals surface area contributed by atoms with Crippen LogP contribution in [0.1, 0.15) is 30.9 Å². The van der Waals surface area contributed by atoms with Gasteiger partial charge in [-0.05, 0) is 50.1 Å². The van der Waals surface area contributed by atoms with E-state index >= 15 is 0 Å². The van der Waals surface area contributed by atoms with Crippen LogP contribution in [0.25, 0.3) is 0 Å². The van der Waals surface area contributed by atoms with Crippen LogP contribution in [0.3, 0.4) is 0 Å². The number of benzene rings is 1. The molecular formula is C17H30IN3OS. The number of aliphatic imine (C=N–C) groups is 1. The first kappa shape index (κ1) is 22.5. The maximum absolute atomic E-state index is 5.33. The van der Waals surface area contributed by atoms with Crippen molar-refractivity contribution in [1.82, 2.24) is 10.6 Å². The predicted octanol–water partition coefficient (Wildman–Crippen LogP) is 3.82. The van der Waals surface area contributed by atoms with Crippen molar-refractivity contribution in [3.05, 3.63) is 29.3 Å². The average molecular weight is 451 g/mol. The molecule has 23 heavy (non-hydrogen) atoms. The van der Waals surface area contributed by atoms with Crippen molar-refractivity contribution < 1.29 is 4.74 Å². The Morgan fingerprint density at radius 2 is 2.04 bits per heavy atom. The largest absolute Gasteiger partial charge is 0.382 e. The molecule has 0 aliphatic heterocycles. The van der Waals surface area contributed by atoms with Crippen LogP contribution in [0.15, 0.2) is 28.1 Å². The van der Waals surface area contributed by atoms with Crippen molar-refractivity contribution in [2.24, 2.45) is 4.99 Å². The van der Waals surface area contributed by atoms with E-state index < -0.39 is 0 Å². The number of hydrogen-bond donors (Lipinski definition) is 2. The molecule has 0 atom stereocenters. The zero-order valence-electron chi connectivity index (χ0n) is 14.6. The highest BCUT2D eigenvalue weighted by Gasteiger charge is 2.03. The second kappa shape index (κ2) is 13.9. The molecule has 0 amide bonds. The van der Waals surface area contributed by atoms with E-state index in [4.69, 9.17) is 4.74 Å². The topological polar surface area (TPSA) is 45.6 Å². The summed E-state index contributed by atoms with van der Waals surface area (Å²) in [7, 11) is 1.81. The smallest absolute Gasteiger partial charge is 0.191 e. The van der Waals surface area contributed by atoms with E-state index in [1.165, 1.54) is 16.0 Å². The van der Waals surface area contributed by atoms with Crippen LogP contribution in [0.5, 0.6) is 0 Å². The third kappa shape index (κ3) is 9.42. The minimum Gasteiger partial charge on any atom is -0.382 e. The van der Waals surface area contributed by atoms with Gasteiger partial charge in [-0.15, -0.1) is 35.7 Å². The summed E-state index contributed by atoms with van der Waals surface area (Å²) < 4.78 is 5.33. The normalized spacial score (nSPS) is 11.0. The molecule has 2 N–H and O–H groups in total. The van der Waals surface area contributed by atoms with E-state index in [1.54, 1.807) is 18.8 Å². The maximum Gasteiger partial charge on any atom is 0.191 e. The first-order valence-electron chi connectivity index (χ1n) is 7.87. The summed E-state index contributed by atoms with van der Waals surface area (Å²) in [6, 6.07) is 6.57. The zero-order chi connectivity index (χ0) is 16.2. The Labute approximate surface area is 162 Å². The first-order chi connectivity index (χ1) is 10.7. The Kier molecular flexibility index (Phi) is 13.6. The molecule has 1 rings (SSSR count). The second-order valence-electron chi connectivity index (χ2n) is 5.07. The minimum atomic E-state index is 0. The standard InChI is InChI=1S/C17H29N3OS.HI/c1-5-21-11-7-6-10-19-17(18-3)20-13-15-9-8-14(2)12-16(15)22-4;/h8-9,12H,5-7,10-11,13H2,1-4H3,(H2,18,19,20);1H. The van der Waals surface area contributed by atoms with Crippen molar-refractivity contribution in [3.8, 4) is 0 Å². The highest BCUT2D eigenvalue weighted by molar-refractivity contribution is 14.0. The van der Waals surface area contributed by atoms with Gasteiger partial charge in [-0.2, -0.15) is 0 Å². The van der Waals surface area contributed by atoms with E-state index in [0.29, 0.717) is 0 Å². The molecule has 0 heterocycles. The number of nitrogens with zero attached hydrogens (tertiary/aromatic N) is 1. The van der Waals surface area contributed by atoms with Gasteiger partial charge in [-0.1, -0.05) is 12.1 Å². The fraction of sp³-hybridized carbons (Fsp3) is 0.588. The maximum atomic E-state index is 5.33. The summed E-state index contributed by atoms with van der Waals surface area (Å²) in [6.07, 6.45) is 4.28. The number of aryl methyl sites for hydroxylation is 1. The van der Waals surface area contributed by atoms with Crippen LogP contribution in [0.4, 0.5) is 0 Å². The Bertz CT molecular complexity index is 469. The zero-order valence-corrected chi connectivity index (χ0v) is 17.8. The molecular weight excluding hydrogens is 421 g/mol. The molecule has 4 nitrogen and oxygen atoms in total. The van der Waals surface area contributed by atoms with Gasteiger partial charge in [0.25, 0.3) is 0 Å². The first-order valence-corrected chi connectivity index (χ1v) is 9.09. The molecule has 0 radical (unpaired) electrons. The lowest BCUT2D eigenvalue weighted by atomic mass is 10.1. The van der Waals surface area contributed by atoms with E-state index in [-0.39, 0.29) is 24.0 Å². The molecule has 132 valence electrons. The minimum absolute atomic E-state index is 0. The summed E-state index contributed by atoms with van der Waals surface area (Å²) >= 11 is 1.78. The molecule has 6 heteroatoms. The van der Waals surface area contributed by atoms with Crippen LogP contribution in [-0.2, 0) is 11.3 Å². The number of nitrogens with one attached hydrogen (secondary N) is 2. The second-order valence-corrected chi connectivity index (χ2v) is 5.92. The molecule has 1 aromatic rings. The molecule has 0 bridgehead atoms. The van der Waals surface area contributed by atoms with Crippen LogP contribution < -0.4 is 10.6 Å². The lowest BCUT2D eigenvalue weighted by Crippen LogP contribution is -2.37. The van der Waals surface area contributed by atoms with Crippen LogP contribution in [0, 0.1) is 6.92 Å². The lowest BCUT2D eigenvalue weighted by Gasteiger charge is -2.14. The van der Waals surface area contributed by atoms with Gasteiger partial charge in [0.2, 0.25) is 0 Å². The van der Waals surface area contributed by atoms with E-state index in [9.17, 15) is 0 Å². The highest BCUT2D eigenvalue weighted by atomic mass is 127. The summed E-state index contributed by atoms with van der Waals surface area (Å²) in [5.41, 5.74) is 2.60. The summed E-state index contributed by atoms with van der Waals surface area (Å²) in [4.78, 5) is 5.59. The predicted molar refractivity (Wildman–Crippen MR) is 112 cm³/mol. The number of rotatable bonds is 9. The summed E-state index contributed by atoms with van der Waals surface area (Å²) in [5, 5.41) is 6.72. The van der Waals surface area contributed by atoms with Crippen molar-refractivity contribution in [2.75, 3.05) is 33.1 Å². The summed E-state index contributed by atoms with van der Waals surface area (Å²) in [5.74, 6) is 0.851. The Morgan fingerprint density at radius 1 is 1.26 bits per heavy atom. The van der Waals surface area contributed by atoms with Gasteiger partial charge in [0, 0.05) is 38.2 Å². The monoisotopic (exact) mass is 451 g/mol. The van der Waals surface area contributed by atoms with Crippen LogP contribution >= 0.6 is 35.7 Å². The number of guanidine groups is 1. The Balaban J connectivity index is 0.00000484. The lowest BCUT2D eigenvalue weighted by molar-refractivity contribution is 0.143. The van der Waals surface area contributed by atoms with Gasteiger partial charge >= 0.3 is 0 Å². The molecule has 0 unspecified atom stereocenters. The third-order valence-electron chi connectivity index (χ3n) is 3.32. The number of hydrogen-bond acceptors (Lipinski definition) is 3. The van der Waals surface area contributed by atoms with Gasteiger partial charge < -0.3 is 15.4 Å². The SMILES string of the molecule is CCOCCCCNC(=NC)NCc1ccc(C)cc1SC.I. The van der Waals surface area contributed by atoms with Crippen LogP contribution in [0.2, 0.25) is 0 Å².